The Morgan fingerprint density at radius 1 is 0.949 bits per heavy atom. The standard InChI is InChI=1S/C26H24F2N6.CH4O3S/c1-26(2,3)14-34-24-19(31-25(34)29)13-12-18(30-24)22-21(15-8-5-4-6-9-15)32-23(33-22)20-16(27)10-7-11-17(20)28;1-5(2,3)4/h4-13H,14H2,1-3H3,(H2,29,31)(H,32,33);1H3,(H,2,3,4). The Hall–Kier alpha value is -4.16. The van der Waals surface area contributed by atoms with E-state index in [4.69, 9.17) is 15.3 Å². The van der Waals surface area contributed by atoms with Crippen molar-refractivity contribution in [2.24, 2.45) is 5.41 Å². The van der Waals surface area contributed by atoms with E-state index in [2.05, 4.69) is 35.7 Å². The maximum atomic E-state index is 14.6. The van der Waals surface area contributed by atoms with Gasteiger partial charge in [-0.25, -0.2) is 23.7 Å². The number of anilines is 1. The maximum Gasteiger partial charge on any atom is 0.261 e. The minimum absolute atomic E-state index is 0.0435. The number of nitrogens with two attached hydrogens (primary N) is 1. The molecule has 0 saturated carbocycles. The molecule has 39 heavy (non-hydrogen) atoms. The molecule has 0 aliphatic heterocycles. The molecule has 3 aromatic heterocycles. The van der Waals surface area contributed by atoms with Crippen LogP contribution in [0.2, 0.25) is 0 Å². The van der Waals surface area contributed by atoms with Gasteiger partial charge in [0.15, 0.2) is 5.65 Å². The molecule has 2 aromatic carbocycles. The number of nitrogens with zero attached hydrogens (tertiary/aromatic N) is 4. The molecule has 0 fully saturated rings. The Kier molecular flexibility index (Phi) is 7.53. The Morgan fingerprint density at radius 3 is 2.15 bits per heavy atom. The Bertz CT molecular complexity index is 1710. The molecule has 0 amide bonds. The van der Waals surface area contributed by atoms with Crippen LogP contribution < -0.4 is 5.73 Å². The van der Waals surface area contributed by atoms with E-state index in [1.54, 1.807) is 6.07 Å². The van der Waals surface area contributed by atoms with E-state index >= 15 is 0 Å². The molecule has 0 spiro atoms. The van der Waals surface area contributed by atoms with Crippen LogP contribution in [-0.4, -0.2) is 43.7 Å². The van der Waals surface area contributed by atoms with Gasteiger partial charge < -0.3 is 10.7 Å². The van der Waals surface area contributed by atoms with Crippen LogP contribution in [0.4, 0.5) is 14.7 Å². The number of imidazole rings is 2. The summed E-state index contributed by atoms with van der Waals surface area (Å²) in [6.45, 7) is 6.96. The largest absolute Gasteiger partial charge is 0.369 e. The highest BCUT2D eigenvalue weighted by Gasteiger charge is 2.22. The molecule has 0 aliphatic carbocycles. The van der Waals surface area contributed by atoms with Gasteiger partial charge in [0.2, 0.25) is 5.95 Å². The Labute approximate surface area is 224 Å². The summed E-state index contributed by atoms with van der Waals surface area (Å²) in [4.78, 5) is 17.0. The fourth-order valence-corrected chi connectivity index (χ4v) is 3.99. The number of nitrogen functional groups attached to an aromatic ring is 1. The molecule has 5 aromatic rings. The summed E-state index contributed by atoms with van der Waals surface area (Å²) < 4.78 is 56.9. The highest BCUT2D eigenvalue weighted by atomic mass is 32.2. The van der Waals surface area contributed by atoms with Crippen molar-refractivity contribution in [3.05, 3.63) is 72.3 Å². The topological polar surface area (TPSA) is 140 Å². The molecular formula is C27H28F2N6O3S. The van der Waals surface area contributed by atoms with Crippen molar-refractivity contribution in [1.29, 1.82) is 0 Å². The van der Waals surface area contributed by atoms with Gasteiger partial charge in [0.05, 0.1) is 28.9 Å². The SMILES string of the molecule is CC(C)(C)Cn1c(N)nc2ccc(-c3[nH]c(-c4c(F)cccc4F)nc3-c3ccccc3)nc21.CS(=O)(=O)O. The number of fused-ring (bicyclic) bond motifs is 1. The normalized spacial score (nSPS) is 11.9. The predicted octanol–water partition coefficient (Wildman–Crippen LogP) is 5.57. The van der Waals surface area contributed by atoms with Crippen molar-refractivity contribution in [3.8, 4) is 34.0 Å². The first-order chi connectivity index (χ1) is 18.2. The first kappa shape index (κ1) is 27.9. The molecule has 0 atom stereocenters. The fourth-order valence-electron chi connectivity index (χ4n) is 3.99. The zero-order valence-electron chi connectivity index (χ0n) is 21.8. The van der Waals surface area contributed by atoms with Gasteiger partial charge >= 0.3 is 0 Å². The minimum Gasteiger partial charge on any atom is -0.369 e. The lowest BCUT2D eigenvalue weighted by molar-refractivity contribution is 0.350. The number of hydrogen-bond donors (Lipinski definition) is 3. The summed E-state index contributed by atoms with van der Waals surface area (Å²) in [5, 5.41) is 0. The van der Waals surface area contributed by atoms with Crippen molar-refractivity contribution in [3.63, 3.8) is 0 Å². The fraction of sp³-hybridized carbons (Fsp3) is 0.222. The summed E-state index contributed by atoms with van der Waals surface area (Å²) in [6, 6.07) is 16.8. The molecule has 0 aliphatic rings. The first-order valence-electron chi connectivity index (χ1n) is 11.9. The maximum absolute atomic E-state index is 14.6. The van der Waals surface area contributed by atoms with Crippen molar-refractivity contribution >= 4 is 27.2 Å². The Morgan fingerprint density at radius 2 is 1.56 bits per heavy atom. The Balaban J connectivity index is 0.000000648. The van der Waals surface area contributed by atoms with Gasteiger partial charge in [-0.1, -0.05) is 57.2 Å². The third-order valence-corrected chi connectivity index (χ3v) is 5.46. The quantitative estimate of drug-likeness (QED) is 0.247. The average Bonchev–Trinajstić information content (AvgIpc) is 3.39. The molecule has 3 heterocycles. The number of aromatic amines is 1. The number of benzene rings is 2. The second kappa shape index (κ2) is 10.5. The van der Waals surface area contributed by atoms with E-state index in [-0.39, 0.29) is 16.8 Å². The zero-order chi connectivity index (χ0) is 28.5. The number of hydrogen-bond acceptors (Lipinski definition) is 6. The van der Waals surface area contributed by atoms with E-state index in [9.17, 15) is 17.2 Å². The summed E-state index contributed by atoms with van der Waals surface area (Å²) in [5.41, 5.74) is 9.69. The number of pyridine rings is 1. The van der Waals surface area contributed by atoms with Crippen LogP contribution in [0.25, 0.3) is 45.2 Å². The lowest BCUT2D eigenvalue weighted by atomic mass is 9.97. The van der Waals surface area contributed by atoms with Gasteiger partial charge in [0, 0.05) is 12.1 Å². The van der Waals surface area contributed by atoms with Crippen LogP contribution in [0.1, 0.15) is 20.8 Å². The molecule has 5 rings (SSSR count). The van der Waals surface area contributed by atoms with Crippen molar-refractivity contribution in [2.45, 2.75) is 27.3 Å². The zero-order valence-corrected chi connectivity index (χ0v) is 22.6. The summed E-state index contributed by atoms with van der Waals surface area (Å²) in [6.07, 6.45) is 0.715. The van der Waals surface area contributed by atoms with Crippen LogP contribution in [-0.2, 0) is 16.7 Å². The average molecular weight is 555 g/mol. The molecule has 0 saturated heterocycles. The highest BCUT2D eigenvalue weighted by molar-refractivity contribution is 7.85. The molecule has 0 radical (unpaired) electrons. The summed E-state index contributed by atoms with van der Waals surface area (Å²) in [7, 11) is -3.67. The van der Waals surface area contributed by atoms with Crippen LogP contribution >= 0.6 is 0 Å². The van der Waals surface area contributed by atoms with Gasteiger partial charge in [-0.2, -0.15) is 8.42 Å². The van der Waals surface area contributed by atoms with Crippen LogP contribution in [0, 0.1) is 17.0 Å². The van der Waals surface area contributed by atoms with E-state index in [1.165, 1.54) is 18.2 Å². The number of H-pyrrole nitrogens is 1. The van der Waals surface area contributed by atoms with Crippen LogP contribution in [0.5, 0.6) is 0 Å². The summed E-state index contributed by atoms with van der Waals surface area (Å²) >= 11 is 0. The van der Waals surface area contributed by atoms with E-state index in [0.717, 1.165) is 5.56 Å². The number of rotatable bonds is 4. The molecule has 4 N–H and O–H groups in total. The number of aromatic nitrogens is 5. The molecule has 0 unspecified atom stereocenters. The highest BCUT2D eigenvalue weighted by Crippen LogP contribution is 2.35. The minimum atomic E-state index is -3.67. The van der Waals surface area contributed by atoms with Gasteiger partial charge in [-0.05, 0) is 29.7 Å². The lowest BCUT2D eigenvalue weighted by Crippen LogP contribution is -2.17. The summed E-state index contributed by atoms with van der Waals surface area (Å²) in [5.74, 6) is -0.913. The second-order valence-electron chi connectivity index (χ2n) is 10.2. The lowest BCUT2D eigenvalue weighted by Gasteiger charge is -2.19. The van der Waals surface area contributed by atoms with Crippen molar-refractivity contribution < 1.29 is 21.8 Å². The van der Waals surface area contributed by atoms with E-state index in [1.807, 2.05) is 41.0 Å². The molecule has 9 nitrogen and oxygen atoms in total. The third-order valence-electron chi connectivity index (χ3n) is 5.46. The predicted molar refractivity (Wildman–Crippen MR) is 147 cm³/mol. The van der Waals surface area contributed by atoms with Crippen LogP contribution in [0.3, 0.4) is 0 Å². The van der Waals surface area contributed by atoms with E-state index in [0.29, 0.717) is 47.0 Å². The molecule has 0 bridgehead atoms. The number of halogens is 2. The third kappa shape index (κ3) is 6.65. The van der Waals surface area contributed by atoms with Crippen molar-refractivity contribution in [2.75, 3.05) is 12.0 Å². The molecule has 204 valence electrons. The van der Waals surface area contributed by atoms with Gasteiger partial charge in [0.25, 0.3) is 10.1 Å². The smallest absolute Gasteiger partial charge is 0.261 e. The monoisotopic (exact) mass is 554 g/mol. The van der Waals surface area contributed by atoms with Crippen molar-refractivity contribution in [1.82, 2.24) is 24.5 Å². The van der Waals surface area contributed by atoms with Gasteiger partial charge in [0.1, 0.15) is 23.0 Å². The van der Waals surface area contributed by atoms with Crippen LogP contribution in [0.15, 0.2) is 60.7 Å². The van der Waals surface area contributed by atoms with Gasteiger partial charge in [-0.3, -0.25) is 9.12 Å². The number of nitrogens with one attached hydrogen (secondary N) is 1. The second-order valence-corrected chi connectivity index (χ2v) is 11.6. The van der Waals surface area contributed by atoms with Gasteiger partial charge in [-0.15, -0.1) is 0 Å². The molecular weight excluding hydrogens is 526 g/mol. The molecule has 12 heteroatoms. The van der Waals surface area contributed by atoms with E-state index < -0.39 is 21.8 Å². The first-order valence-corrected chi connectivity index (χ1v) is 13.7.